The molecule has 0 fully saturated rings. The summed E-state index contributed by atoms with van der Waals surface area (Å²) < 4.78 is 9.51. The van der Waals surface area contributed by atoms with Gasteiger partial charge in [-0.2, -0.15) is 0 Å². The quantitative estimate of drug-likeness (QED) is 0.401. The molecule has 0 saturated carbocycles. The summed E-state index contributed by atoms with van der Waals surface area (Å²) >= 11 is 0. The Kier molecular flexibility index (Phi) is 26.6. The van der Waals surface area contributed by atoms with Gasteiger partial charge in [-0.3, -0.25) is 4.79 Å². The first-order valence-electron chi connectivity index (χ1n) is 6.97. The van der Waals surface area contributed by atoms with Gasteiger partial charge in [-0.25, -0.2) is 0 Å². The molecule has 19 heavy (non-hydrogen) atoms. The molecular formula is C14H31NaO4. The second kappa shape index (κ2) is 20.7. The van der Waals surface area contributed by atoms with Crippen molar-refractivity contribution in [3.8, 4) is 0 Å². The zero-order chi connectivity index (χ0) is 14.2. The maximum atomic E-state index is 10.4. The van der Waals surface area contributed by atoms with Crippen LogP contribution in [0.3, 0.4) is 0 Å². The third kappa shape index (κ3) is 27.6. The van der Waals surface area contributed by atoms with E-state index in [1.165, 1.54) is 19.8 Å². The van der Waals surface area contributed by atoms with Crippen LogP contribution in [0.5, 0.6) is 0 Å². The van der Waals surface area contributed by atoms with Gasteiger partial charge in [0.15, 0.2) is 0 Å². The van der Waals surface area contributed by atoms with Crippen LogP contribution < -0.4 is 0 Å². The summed E-state index contributed by atoms with van der Waals surface area (Å²) in [4.78, 5) is 10.4. The van der Waals surface area contributed by atoms with E-state index in [9.17, 15) is 9.90 Å². The number of aliphatic hydroxyl groups excluding tert-OH is 1. The van der Waals surface area contributed by atoms with Crippen molar-refractivity contribution < 1.29 is 19.4 Å². The van der Waals surface area contributed by atoms with Gasteiger partial charge in [0.25, 0.3) is 0 Å². The number of carbonyl (C=O) groups is 1. The van der Waals surface area contributed by atoms with Crippen molar-refractivity contribution in [2.45, 2.75) is 65.9 Å². The van der Waals surface area contributed by atoms with Crippen LogP contribution in [0.1, 0.15) is 59.8 Å². The number of rotatable bonds is 9. The maximum absolute atomic E-state index is 10.4. The molecule has 4 nitrogen and oxygen atoms in total. The predicted molar refractivity (Wildman–Crippen MR) is 80.7 cm³/mol. The van der Waals surface area contributed by atoms with Gasteiger partial charge in [0, 0.05) is 20.1 Å². The molecule has 0 spiro atoms. The third-order valence-electron chi connectivity index (χ3n) is 2.28. The van der Waals surface area contributed by atoms with Gasteiger partial charge in [0.2, 0.25) is 0 Å². The molecule has 0 aliphatic heterocycles. The van der Waals surface area contributed by atoms with Crippen LogP contribution in [-0.4, -0.2) is 66.6 Å². The SMILES string of the molecule is CCCCCCC(O)COC(C)=O.CCOCC.[NaH]. The van der Waals surface area contributed by atoms with Crippen molar-refractivity contribution in [2.75, 3.05) is 19.8 Å². The first kappa shape index (κ1) is 24.4. The van der Waals surface area contributed by atoms with E-state index in [0.29, 0.717) is 0 Å². The van der Waals surface area contributed by atoms with Gasteiger partial charge in [-0.05, 0) is 20.3 Å². The molecule has 112 valence electrons. The average molecular weight is 286 g/mol. The third-order valence-corrected chi connectivity index (χ3v) is 2.28. The molecule has 0 rings (SSSR count). The number of ether oxygens (including phenoxy) is 2. The summed E-state index contributed by atoms with van der Waals surface area (Å²) in [6.45, 7) is 9.31. The van der Waals surface area contributed by atoms with Crippen LogP contribution in [0.4, 0.5) is 0 Å². The Morgan fingerprint density at radius 1 is 1.11 bits per heavy atom. The van der Waals surface area contributed by atoms with Gasteiger partial charge in [0.1, 0.15) is 6.61 Å². The van der Waals surface area contributed by atoms with E-state index in [-0.39, 0.29) is 42.1 Å². The standard InChI is InChI=1S/C10H20O3.C4H10O.Na.H/c1-3-4-5-6-7-10(12)8-13-9(2)11;1-3-5-4-2;;/h10,12H,3-8H2,1-2H3;3-4H2,1-2H3;;. The summed E-state index contributed by atoms with van der Waals surface area (Å²) in [5.41, 5.74) is 0. The summed E-state index contributed by atoms with van der Waals surface area (Å²) in [6.07, 6.45) is 4.80. The minimum atomic E-state index is -0.485. The molecule has 0 heterocycles. The fourth-order valence-electron chi connectivity index (χ4n) is 1.31. The monoisotopic (exact) mass is 286 g/mol. The molecule has 0 aliphatic carbocycles. The van der Waals surface area contributed by atoms with Crippen LogP contribution in [0.25, 0.3) is 0 Å². The van der Waals surface area contributed by atoms with E-state index in [2.05, 4.69) is 11.7 Å². The van der Waals surface area contributed by atoms with Crippen LogP contribution in [0.15, 0.2) is 0 Å². The van der Waals surface area contributed by atoms with Crippen LogP contribution in [0.2, 0.25) is 0 Å². The molecule has 1 unspecified atom stereocenters. The van der Waals surface area contributed by atoms with Crippen LogP contribution in [-0.2, 0) is 14.3 Å². The molecule has 0 amide bonds. The molecule has 0 aromatic rings. The molecule has 0 bridgehead atoms. The molecule has 0 aliphatic rings. The van der Waals surface area contributed by atoms with Crippen molar-refractivity contribution in [3.63, 3.8) is 0 Å². The fraction of sp³-hybridized carbons (Fsp3) is 0.929. The van der Waals surface area contributed by atoms with E-state index >= 15 is 0 Å². The van der Waals surface area contributed by atoms with Crippen LogP contribution >= 0.6 is 0 Å². The average Bonchev–Trinajstić information content (AvgIpc) is 2.34. The summed E-state index contributed by atoms with van der Waals surface area (Å²) in [5, 5.41) is 9.32. The van der Waals surface area contributed by atoms with Crippen molar-refractivity contribution >= 4 is 35.5 Å². The Hall–Kier alpha value is 0.390. The van der Waals surface area contributed by atoms with Gasteiger partial charge in [0.05, 0.1) is 6.10 Å². The van der Waals surface area contributed by atoms with E-state index in [1.807, 2.05) is 13.8 Å². The number of unbranched alkanes of at least 4 members (excludes halogenated alkanes) is 3. The minimum absolute atomic E-state index is 0. The molecule has 0 aromatic heterocycles. The summed E-state index contributed by atoms with van der Waals surface area (Å²) in [5.74, 6) is -0.326. The van der Waals surface area contributed by atoms with Crippen LogP contribution in [0, 0.1) is 0 Å². The zero-order valence-corrected chi connectivity index (χ0v) is 12.4. The Labute approximate surface area is 140 Å². The second-order valence-corrected chi connectivity index (χ2v) is 4.09. The fourth-order valence-corrected chi connectivity index (χ4v) is 1.31. The number of carbonyl (C=O) groups excluding carboxylic acids is 1. The molecular weight excluding hydrogens is 255 g/mol. The molecule has 5 heteroatoms. The molecule has 1 N–H and O–H groups in total. The van der Waals surface area contributed by atoms with Gasteiger partial charge in [-0.15, -0.1) is 0 Å². The second-order valence-electron chi connectivity index (χ2n) is 4.09. The first-order valence-corrected chi connectivity index (χ1v) is 6.97. The summed E-state index contributed by atoms with van der Waals surface area (Å²) in [6, 6.07) is 0. The van der Waals surface area contributed by atoms with Crippen molar-refractivity contribution in [1.29, 1.82) is 0 Å². The first-order chi connectivity index (χ1) is 8.58. The Morgan fingerprint density at radius 2 is 1.68 bits per heavy atom. The number of esters is 1. The van der Waals surface area contributed by atoms with Gasteiger partial charge >= 0.3 is 35.5 Å². The predicted octanol–water partition coefficient (Wildman–Crippen LogP) is 2.28. The molecule has 0 aromatic carbocycles. The van der Waals surface area contributed by atoms with E-state index in [1.54, 1.807) is 0 Å². The van der Waals surface area contributed by atoms with E-state index in [4.69, 9.17) is 4.74 Å². The number of hydrogen-bond acceptors (Lipinski definition) is 4. The Bertz CT molecular complexity index is 175. The molecule has 0 saturated heterocycles. The topological polar surface area (TPSA) is 55.8 Å². The van der Waals surface area contributed by atoms with E-state index in [0.717, 1.165) is 32.5 Å². The summed E-state index contributed by atoms with van der Waals surface area (Å²) in [7, 11) is 0. The van der Waals surface area contributed by atoms with Crippen molar-refractivity contribution in [2.24, 2.45) is 0 Å². The normalized spacial score (nSPS) is 10.8. The van der Waals surface area contributed by atoms with Crippen molar-refractivity contribution in [1.82, 2.24) is 0 Å². The van der Waals surface area contributed by atoms with Gasteiger partial charge < -0.3 is 14.6 Å². The molecule has 1 atom stereocenters. The Morgan fingerprint density at radius 3 is 2.05 bits per heavy atom. The number of aliphatic hydroxyl groups is 1. The van der Waals surface area contributed by atoms with E-state index < -0.39 is 6.10 Å². The number of hydrogen-bond donors (Lipinski definition) is 1. The van der Waals surface area contributed by atoms with Gasteiger partial charge in [-0.1, -0.05) is 32.6 Å². The zero-order valence-electron chi connectivity index (χ0n) is 12.4. The Balaban J connectivity index is -0.000000366. The van der Waals surface area contributed by atoms with Crippen molar-refractivity contribution in [3.05, 3.63) is 0 Å². The molecule has 0 radical (unpaired) electrons.